The molecule has 0 radical (unpaired) electrons. The first-order valence-corrected chi connectivity index (χ1v) is 7.99. The number of methoxy groups -OCH3 is 1. The van der Waals surface area contributed by atoms with E-state index in [1.54, 1.807) is 19.2 Å². The molecule has 0 saturated carbocycles. The summed E-state index contributed by atoms with van der Waals surface area (Å²) >= 11 is 7.31. The minimum atomic E-state index is -0.426. The number of halogens is 2. The molecule has 0 unspecified atom stereocenters. The first kappa shape index (κ1) is 16.4. The molecule has 2 rings (SSSR count). The lowest BCUT2D eigenvalue weighted by atomic mass is 10.2. The highest BCUT2D eigenvalue weighted by atomic mass is 35.5. The van der Waals surface area contributed by atoms with Gasteiger partial charge in [0, 0.05) is 24.1 Å². The van der Waals surface area contributed by atoms with Gasteiger partial charge < -0.3 is 10.1 Å². The number of benzene rings is 1. The van der Waals surface area contributed by atoms with Crippen LogP contribution in [-0.4, -0.2) is 18.6 Å². The van der Waals surface area contributed by atoms with Crippen LogP contribution in [0.4, 0.5) is 4.39 Å². The van der Waals surface area contributed by atoms with Crippen LogP contribution in [0.5, 0.6) is 0 Å². The van der Waals surface area contributed by atoms with E-state index in [2.05, 4.69) is 17.2 Å². The van der Waals surface area contributed by atoms with Crippen molar-refractivity contribution >= 4 is 22.9 Å². The Morgan fingerprint density at radius 3 is 2.95 bits per heavy atom. The van der Waals surface area contributed by atoms with E-state index >= 15 is 0 Å². The van der Waals surface area contributed by atoms with Crippen molar-refractivity contribution in [2.75, 3.05) is 13.7 Å². The van der Waals surface area contributed by atoms with Crippen molar-refractivity contribution in [1.29, 1.82) is 0 Å². The molecule has 0 saturated heterocycles. The fourth-order valence-electron chi connectivity index (χ4n) is 1.93. The molecule has 114 valence electrons. The largest absolute Gasteiger partial charge is 0.378 e. The zero-order valence-corrected chi connectivity index (χ0v) is 13.7. The standard InChI is InChI=1S/C15H18ClFN2OS/c1-3-7-18-8-13-12(9-20-2)19-15(21-13)10-5-4-6-11(16)14(10)17/h4-6,18H,3,7-9H2,1-2H3. The summed E-state index contributed by atoms with van der Waals surface area (Å²) in [4.78, 5) is 5.57. The Bertz CT molecular complexity index is 603. The lowest BCUT2D eigenvalue weighted by Gasteiger charge is -2.02. The molecule has 21 heavy (non-hydrogen) atoms. The topological polar surface area (TPSA) is 34.2 Å². The molecule has 2 aromatic rings. The lowest BCUT2D eigenvalue weighted by molar-refractivity contribution is 0.181. The van der Waals surface area contributed by atoms with Crippen molar-refractivity contribution in [3.63, 3.8) is 0 Å². The van der Waals surface area contributed by atoms with Gasteiger partial charge in [0.1, 0.15) is 5.01 Å². The van der Waals surface area contributed by atoms with Crippen LogP contribution in [0, 0.1) is 5.82 Å². The molecule has 0 atom stereocenters. The lowest BCUT2D eigenvalue weighted by Crippen LogP contribution is -2.14. The fraction of sp³-hybridized carbons (Fsp3) is 0.400. The second-order valence-corrected chi connectivity index (χ2v) is 6.09. The highest BCUT2D eigenvalue weighted by Crippen LogP contribution is 2.32. The van der Waals surface area contributed by atoms with E-state index in [0.717, 1.165) is 23.5 Å². The minimum absolute atomic E-state index is 0.113. The minimum Gasteiger partial charge on any atom is -0.378 e. The van der Waals surface area contributed by atoms with Crippen molar-refractivity contribution < 1.29 is 9.13 Å². The number of aromatic nitrogens is 1. The van der Waals surface area contributed by atoms with Crippen LogP contribution in [0.2, 0.25) is 5.02 Å². The van der Waals surface area contributed by atoms with Gasteiger partial charge in [0.25, 0.3) is 0 Å². The molecule has 1 heterocycles. The third kappa shape index (κ3) is 4.01. The average molecular weight is 329 g/mol. The number of thiazole rings is 1. The molecule has 6 heteroatoms. The van der Waals surface area contributed by atoms with Crippen molar-refractivity contribution in [3.05, 3.63) is 39.6 Å². The molecular weight excluding hydrogens is 311 g/mol. The van der Waals surface area contributed by atoms with Crippen LogP contribution in [0.25, 0.3) is 10.6 Å². The zero-order chi connectivity index (χ0) is 15.2. The normalized spacial score (nSPS) is 11.0. The van der Waals surface area contributed by atoms with Crippen LogP contribution in [-0.2, 0) is 17.9 Å². The molecule has 0 fully saturated rings. The third-order valence-electron chi connectivity index (χ3n) is 2.95. The molecule has 3 nitrogen and oxygen atoms in total. The van der Waals surface area contributed by atoms with Crippen LogP contribution in [0.1, 0.15) is 23.9 Å². The van der Waals surface area contributed by atoms with Crippen LogP contribution >= 0.6 is 22.9 Å². The summed E-state index contributed by atoms with van der Waals surface area (Å²) in [6.07, 6.45) is 1.06. The van der Waals surface area contributed by atoms with Gasteiger partial charge in [-0.3, -0.25) is 0 Å². The summed E-state index contributed by atoms with van der Waals surface area (Å²) < 4.78 is 19.3. The van der Waals surface area contributed by atoms with Gasteiger partial charge in [-0.1, -0.05) is 24.6 Å². The summed E-state index contributed by atoms with van der Waals surface area (Å²) in [5.74, 6) is -0.426. The van der Waals surface area contributed by atoms with Gasteiger partial charge in [-0.2, -0.15) is 0 Å². The summed E-state index contributed by atoms with van der Waals surface area (Å²) in [7, 11) is 1.63. The first-order valence-electron chi connectivity index (χ1n) is 6.80. The molecule has 1 N–H and O–H groups in total. The Kier molecular flexibility index (Phi) is 6.11. The van der Waals surface area contributed by atoms with Gasteiger partial charge in [0.05, 0.1) is 17.3 Å². The second-order valence-electron chi connectivity index (χ2n) is 4.60. The highest BCUT2D eigenvalue weighted by molar-refractivity contribution is 7.15. The monoisotopic (exact) mass is 328 g/mol. The van der Waals surface area contributed by atoms with Crippen molar-refractivity contribution in [3.8, 4) is 10.6 Å². The summed E-state index contributed by atoms with van der Waals surface area (Å²) in [5, 5.41) is 4.08. The molecule has 0 aliphatic carbocycles. The Labute approximate surface area is 133 Å². The smallest absolute Gasteiger partial charge is 0.152 e. The van der Waals surface area contributed by atoms with Crippen molar-refractivity contribution in [2.45, 2.75) is 26.5 Å². The van der Waals surface area contributed by atoms with Gasteiger partial charge in [0.15, 0.2) is 5.82 Å². The predicted molar refractivity (Wildman–Crippen MR) is 85.2 cm³/mol. The number of rotatable bonds is 7. The fourth-order valence-corrected chi connectivity index (χ4v) is 3.16. The van der Waals surface area contributed by atoms with E-state index in [9.17, 15) is 4.39 Å². The van der Waals surface area contributed by atoms with E-state index < -0.39 is 5.82 Å². The van der Waals surface area contributed by atoms with Crippen LogP contribution < -0.4 is 5.32 Å². The van der Waals surface area contributed by atoms with E-state index in [-0.39, 0.29) is 5.02 Å². The summed E-state index contributed by atoms with van der Waals surface area (Å²) in [6, 6.07) is 4.96. The van der Waals surface area contributed by atoms with Gasteiger partial charge in [-0.25, -0.2) is 9.37 Å². The quantitative estimate of drug-likeness (QED) is 0.772. The maximum absolute atomic E-state index is 14.1. The van der Waals surface area contributed by atoms with Crippen molar-refractivity contribution in [1.82, 2.24) is 10.3 Å². The van der Waals surface area contributed by atoms with E-state index in [0.29, 0.717) is 23.7 Å². The van der Waals surface area contributed by atoms with Gasteiger partial charge in [0.2, 0.25) is 0 Å². The number of ether oxygens (including phenoxy) is 1. The maximum Gasteiger partial charge on any atom is 0.152 e. The Morgan fingerprint density at radius 2 is 2.24 bits per heavy atom. The van der Waals surface area contributed by atoms with Crippen LogP contribution in [0.3, 0.4) is 0 Å². The van der Waals surface area contributed by atoms with Crippen LogP contribution in [0.15, 0.2) is 18.2 Å². The summed E-state index contributed by atoms with van der Waals surface area (Å²) in [5.41, 5.74) is 1.28. The molecule has 0 aliphatic rings. The zero-order valence-electron chi connectivity index (χ0n) is 12.1. The van der Waals surface area contributed by atoms with Gasteiger partial charge in [-0.15, -0.1) is 11.3 Å². The van der Waals surface area contributed by atoms with E-state index in [4.69, 9.17) is 16.3 Å². The molecular formula is C15H18ClFN2OS. The maximum atomic E-state index is 14.1. The SMILES string of the molecule is CCCNCc1sc(-c2cccc(Cl)c2F)nc1COC. The Morgan fingerprint density at radius 1 is 1.43 bits per heavy atom. The second kappa shape index (κ2) is 7.84. The molecule has 0 aliphatic heterocycles. The molecule has 0 spiro atoms. The summed E-state index contributed by atoms with van der Waals surface area (Å²) in [6.45, 7) is 4.18. The number of hydrogen-bond donors (Lipinski definition) is 1. The van der Waals surface area contributed by atoms with E-state index in [1.165, 1.54) is 17.4 Å². The van der Waals surface area contributed by atoms with Gasteiger partial charge in [-0.05, 0) is 25.1 Å². The first-order chi connectivity index (χ1) is 10.2. The predicted octanol–water partition coefficient (Wildman–Crippen LogP) is 4.25. The molecule has 1 aromatic heterocycles. The Balaban J connectivity index is 2.31. The average Bonchev–Trinajstić information content (AvgIpc) is 2.86. The molecule has 1 aromatic carbocycles. The molecule has 0 amide bonds. The Hall–Kier alpha value is -1.01. The van der Waals surface area contributed by atoms with Crippen molar-refractivity contribution in [2.24, 2.45) is 0 Å². The number of nitrogens with zero attached hydrogens (tertiary/aromatic N) is 1. The third-order valence-corrected chi connectivity index (χ3v) is 4.38. The molecule has 0 bridgehead atoms. The van der Waals surface area contributed by atoms with E-state index in [1.807, 2.05) is 0 Å². The van der Waals surface area contributed by atoms with Gasteiger partial charge >= 0.3 is 0 Å². The number of nitrogens with one attached hydrogen (secondary N) is 1. The number of hydrogen-bond acceptors (Lipinski definition) is 4. The highest BCUT2D eigenvalue weighted by Gasteiger charge is 2.16.